The molecule has 3 N–H and O–H groups in total. The predicted molar refractivity (Wildman–Crippen MR) is 59.9 cm³/mol. The van der Waals surface area contributed by atoms with Crippen LogP contribution in [0.1, 0.15) is 0 Å². The number of hydrogen-bond acceptors (Lipinski definition) is 6. The van der Waals surface area contributed by atoms with Crippen molar-refractivity contribution in [3.8, 4) is 17.2 Å². The van der Waals surface area contributed by atoms with Crippen molar-refractivity contribution in [1.29, 1.82) is 0 Å². The van der Waals surface area contributed by atoms with E-state index in [-0.39, 0.29) is 28.5 Å². The molecule has 1 aromatic heterocycles. The lowest BCUT2D eigenvalue weighted by molar-refractivity contribution is -0.580. The van der Waals surface area contributed by atoms with Gasteiger partial charge in [0.1, 0.15) is 0 Å². The monoisotopic (exact) mass is 237 g/mol. The van der Waals surface area contributed by atoms with Crippen LogP contribution in [0.5, 0.6) is 17.2 Å². The van der Waals surface area contributed by atoms with Gasteiger partial charge < -0.3 is 25.5 Å². The molecular weight excluding hydrogens is 226 g/mol. The number of fused-ring (bicyclic) bond motifs is 1. The summed E-state index contributed by atoms with van der Waals surface area (Å²) in [5.41, 5.74) is 6.02. The highest BCUT2D eigenvalue weighted by atomic mass is 16.5. The molecule has 17 heavy (non-hydrogen) atoms. The van der Waals surface area contributed by atoms with Crippen LogP contribution in [0.25, 0.3) is 10.9 Å². The van der Waals surface area contributed by atoms with Gasteiger partial charge in [-0.15, -0.1) is 0 Å². The fourth-order valence-corrected chi connectivity index (χ4v) is 1.69. The van der Waals surface area contributed by atoms with E-state index in [2.05, 4.69) is 4.98 Å². The Balaban J connectivity index is 2.99. The summed E-state index contributed by atoms with van der Waals surface area (Å²) in [6, 6.07) is 0. The Morgan fingerprint density at radius 1 is 1.35 bits per heavy atom. The van der Waals surface area contributed by atoms with E-state index in [0.29, 0.717) is 10.1 Å². The van der Waals surface area contributed by atoms with Crippen LogP contribution in [-0.4, -0.2) is 24.3 Å². The maximum atomic E-state index is 11.6. The van der Waals surface area contributed by atoms with Gasteiger partial charge in [-0.1, -0.05) is 4.98 Å². The van der Waals surface area contributed by atoms with Gasteiger partial charge in [0.15, 0.2) is 17.5 Å². The molecule has 0 saturated heterocycles. The topological polar surface area (TPSA) is 105 Å². The maximum Gasteiger partial charge on any atom is 0.289 e. The van der Waals surface area contributed by atoms with Gasteiger partial charge in [0.2, 0.25) is 11.5 Å². The lowest BCUT2D eigenvalue weighted by Crippen LogP contribution is -2.27. The summed E-state index contributed by atoms with van der Waals surface area (Å²) in [7, 11) is 2.74. The van der Waals surface area contributed by atoms with E-state index in [1.165, 1.54) is 20.4 Å². The first kappa shape index (κ1) is 11.1. The molecule has 0 saturated carbocycles. The molecule has 0 aliphatic carbocycles. The van der Waals surface area contributed by atoms with Gasteiger partial charge in [0, 0.05) is 0 Å². The normalized spacial score (nSPS) is 10.5. The van der Waals surface area contributed by atoms with Crippen LogP contribution in [0, 0.1) is 5.21 Å². The summed E-state index contributed by atoms with van der Waals surface area (Å²) >= 11 is 0. The Hall–Kier alpha value is -2.44. The second-order valence-electron chi connectivity index (χ2n) is 3.31. The first-order valence-electron chi connectivity index (χ1n) is 4.71. The molecule has 0 radical (unpaired) electrons. The molecule has 1 aromatic carbocycles. The number of rotatable bonds is 2. The Labute approximate surface area is 96.6 Å². The fourth-order valence-electron chi connectivity index (χ4n) is 1.69. The van der Waals surface area contributed by atoms with Crippen LogP contribution < -0.4 is 19.9 Å². The number of nitrogen functional groups attached to an aromatic ring is 1. The molecule has 0 aliphatic rings. The zero-order valence-corrected chi connectivity index (χ0v) is 9.30. The van der Waals surface area contributed by atoms with E-state index < -0.39 is 0 Å². The quantitative estimate of drug-likeness (QED) is 0.334. The van der Waals surface area contributed by atoms with E-state index >= 15 is 0 Å². The number of nitrogens with two attached hydrogens (primary N) is 1. The Morgan fingerprint density at radius 2 is 2.00 bits per heavy atom. The molecule has 2 rings (SSSR count). The maximum absolute atomic E-state index is 11.6. The van der Waals surface area contributed by atoms with E-state index in [9.17, 15) is 10.3 Å². The van der Waals surface area contributed by atoms with Gasteiger partial charge in [-0.3, -0.25) is 0 Å². The third kappa shape index (κ3) is 1.43. The van der Waals surface area contributed by atoms with E-state index in [0.717, 1.165) is 6.33 Å². The van der Waals surface area contributed by atoms with Crippen LogP contribution in [-0.2, 0) is 0 Å². The number of benzene rings is 1. The van der Waals surface area contributed by atoms with Crippen molar-refractivity contribution >= 4 is 16.6 Å². The number of phenolic OH excluding ortho intramolecular Hbond substituents is 1. The number of methoxy groups -OCH3 is 2. The second kappa shape index (κ2) is 3.85. The Kier molecular flexibility index (Phi) is 2.51. The third-order valence-corrected chi connectivity index (χ3v) is 2.44. The van der Waals surface area contributed by atoms with Crippen LogP contribution in [0.2, 0.25) is 0 Å². The van der Waals surface area contributed by atoms with Crippen molar-refractivity contribution in [2.45, 2.75) is 0 Å². The average molecular weight is 237 g/mol. The molecule has 0 unspecified atom stereocenters. The average Bonchev–Trinajstić information content (AvgIpc) is 2.33. The molecule has 90 valence electrons. The Bertz CT molecular complexity index is 586. The number of anilines is 1. The van der Waals surface area contributed by atoms with Gasteiger partial charge >= 0.3 is 0 Å². The summed E-state index contributed by atoms with van der Waals surface area (Å²) in [5, 5.41) is 21.8. The summed E-state index contributed by atoms with van der Waals surface area (Å²) in [6.45, 7) is 0. The lowest BCUT2D eigenvalue weighted by Gasteiger charge is -2.15. The van der Waals surface area contributed by atoms with Gasteiger partial charge in [-0.2, -0.15) is 0 Å². The van der Waals surface area contributed by atoms with Crippen molar-refractivity contribution in [1.82, 2.24) is 4.98 Å². The molecular formula is C10H11N3O4. The zero-order chi connectivity index (χ0) is 12.6. The van der Waals surface area contributed by atoms with Gasteiger partial charge in [-0.25, -0.2) is 4.73 Å². The number of aromatic hydroxyl groups is 1. The van der Waals surface area contributed by atoms with Crippen LogP contribution in [0.4, 0.5) is 5.69 Å². The molecule has 7 nitrogen and oxygen atoms in total. The SMILES string of the molecule is COc1c(OC)c(O)c2c(cnc[n+]2[O-])c1N. The van der Waals surface area contributed by atoms with E-state index in [4.69, 9.17) is 15.2 Å². The molecule has 0 atom stereocenters. The van der Waals surface area contributed by atoms with Crippen molar-refractivity contribution in [2.24, 2.45) is 0 Å². The highest BCUT2D eigenvalue weighted by Crippen LogP contribution is 2.46. The van der Waals surface area contributed by atoms with Gasteiger partial charge in [0.25, 0.3) is 6.33 Å². The van der Waals surface area contributed by atoms with Crippen molar-refractivity contribution in [3.05, 3.63) is 17.7 Å². The third-order valence-electron chi connectivity index (χ3n) is 2.44. The minimum absolute atomic E-state index is 0.00449. The van der Waals surface area contributed by atoms with Crippen LogP contribution in [0.3, 0.4) is 0 Å². The number of nitrogens with zero attached hydrogens (tertiary/aromatic N) is 2. The van der Waals surface area contributed by atoms with Crippen LogP contribution >= 0.6 is 0 Å². The smallest absolute Gasteiger partial charge is 0.289 e. The molecule has 0 fully saturated rings. The molecule has 0 spiro atoms. The summed E-state index contributed by atoms with van der Waals surface area (Å²) in [5.74, 6) is -0.134. The molecule has 0 bridgehead atoms. The summed E-state index contributed by atoms with van der Waals surface area (Å²) < 4.78 is 10.4. The van der Waals surface area contributed by atoms with Crippen molar-refractivity contribution in [3.63, 3.8) is 0 Å². The lowest BCUT2D eigenvalue weighted by atomic mass is 10.1. The highest BCUT2D eigenvalue weighted by Gasteiger charge is 2.23. The van der Waals surface area contributed by atoms with E-state index in [1.807, 2.05) is 0 Å². The van der Waals surface area contributed by atoms with E-state index in [1.54, 1.807) is 0 Å². The van der Waals surface area contributed by atoms with Gasteiger partial charge in [-0.05, 0) is 0 Å². The molecule has 1 heterocycles. The second-order valence-corrected chi connectivity index (χ2v) is 3.31. The van der Waals surface area contributed by atoms with Crippen LogP contribution in [0.15, 0.2) is 12.5 Å². The molecule has 7 heteroatoms. The minimum atomic E-state index is -0.328. The van der Waals surface area contributed by atoms with Gasteiger partial charge in [0.05, 0.1) is 25.3 Å². The zero-order valence-electron chi connectivity index (χ0n) is 9.30. The number of ether oxygens (including phenoxy) is 2. The van der Waals surface area contributed by atoms with Crippen molar-refractivity contribution in [2.75, 3.05) is 20.0 Å². The fraction of sp³-hybridized carbons (Fsp3) is 0.200. The summed E-state index contributed by atoms with van der Waals surface area (Å²) in [6.07, 6.45) is 2.40. The number of aromatic nitrogens is 2. The highest BCUT2D eigenvalue weighted by molar-refractivity contribution is 5.98. The van der Waals surface area contributed by atoms with Crippen molar-refractivity contribution < 1.29 is 19.3 Å². The first-order chi connectivity index (χ1) is 8.11. The standard InChI is InChI=1S/C10H11N3O4/c1-16-9-6(11)5-3-12-4-13(15)7(5)8(14)10(9)17-2/h3-4,14H,11H2,1-2H3. The minimum Gasteiger partial charge on any atom is -0.710 e. The largest absolute Gasteiger partial charge is 0.710 e. The number of hydrogen-bond donors (Lipinski definition) is 2. The molecule has 0 aliphatic heterocycles. The predicted octanol–water partition coefficient (Wildman–Crippen LogP) is 0.173. The molecule has 0 amide bonds. The summed E-state index contributed by atoms with van der Waals surface area (Å²) in [4.78, 5) is 3.71. The molecule has 2 aromatic rings. The number of phenols is 1. The Morgan fingerprint density at radius 3 is 2.59 bits per heavy atom. The first-order valence-corrected chi connectivity index (χ1v) is 4.71.